The van der Waals surface area contributed by atoms with E-state index in [4.69, 9.17) is 14.2 Å². The highest BCUT2D eigenvalue weighted by atomic mass is 16.7. The Morgan fingerprint density at radius 1 is 1.35 bits per heavy atom. The standard InChI is InChI=1S/C13H14O4/c1-9(2)17-13(14)6-4-10-3-5-11-12(7-10)16-8-15-11/h3-7,9H,8H2,1-2H3. The molecule has 0 aliphatic carbocycles. The maximum Gasteiger partial charge on any atom is 0.331 e. The van der Waals surface area contributed by atoms with Crippen molar-refractivity contribution in [2.75, 3.05) is 6.79 Å². The van der Waals surface area contributed by atoms with Gasteiger partial charge in [-0.15, -0.1) is 0 Å². The molecule has 90 valence electrons. The second-order valence-corrected chi connectivity index (χ2v) is 3.93. The lowest BCUT2D eigenvalue weighted by atomic mass is 10.2. The van der Waals surface area contributed by atoms with E-state index >= 15 is 0 Å². The molecule has 0 spiro atoms. The molecule has 4 heteroatoms. The number of carbonyl (C=O) groups is 1. The van der Waals surface area contributed by atoms with E-state index in [9.17, 15) is 4.79 Å². The number of hydrogen-bond donors (Lipinski definition) is 0. The highest BCUT2D eigenvalue weighted by molar-refractivity contribution is 5.87. The smallest absolute Gasteiger partial charge is 0.331 e. The number of ether oxygens (including phenoxy) is 3. The van der Waals surface area contributed by atoms with Gasteiger partial charge in [-0.2, -0.15) is 0 Å². The fourth-order valence-electron chi connectivity index (χ4n) is 1.45. The van der Waals surface area contributed by atoms with Gasteiger partial charge in [-0.05, 0) is 37.6 Å². The Hall–Kier alpha value is -1.97. The first-order valence-electron chi connectivity index (χ1n) is 5.43. The Morgan fingerprint density at radius 2 is 2.12 bits per heavy atom. The van der Waals surface area contributed by atoms with Gasteiger partial charge in [0.25, 0.3) is 0 Å². The molecule has 0 unspecified atom stereocenters. The van der Waals surface area contributed by atoms with Gasteiger partial charge in [-0.1, -0.05) is 6.07 Å². The third-order valence-corrected chi connectivity index (χ3v) is 2.16. The molecule has 0 atom stereocenters. The lowest BCUT2D eigenvalue weighted by Crippen LogP contribution is -2.08. The Balaban J connectivity index is 2.04. The molecule has 0 radical (unpaired) electrons. The summed E-state index contributed by atoms with van der Waals surface area (Å²) in [5.41, 5.74) is 0.870. The topological polar surface area (TPSA) is 44.8 Å². The molecular formula is C13H14O4. The average molecular weight is 234 g/mol. The van der Waals surface area contributed by atoms with Crippen molar-refractivity contribution in [1.82, 2.24) is 0 Å². The first-order valence-corrected chi connectivity index (χ1v) is 5.43. The van der Waals surface area contributed by atoms with Crippen LogP contribution in [0.4, 0.5) is 0 Å². The number of rotatable bonds is 3. The van der Waals surface area contributed by atoms with Crippen molar-refractivity contribution < 1.29 is 19.0 Å². The highest BCUT2D eigenvalue weighted by Gasteiger charge is 2.12. The van der Waals surface area contributed by atoms with Crippen LogP contribution in [0.15, 0.2) is 24.3 Å². The maximum atomic E-state index is 11.3. The maximum absolute atomic E-state index is 11.3. The molecule has 0 fully saturated rings. The van der Waals surface area contributed by atoms with Crippen LogP contribution in [0.1, 0.15) is 19.4 Å². The monoisotopic (exact) mass is 234 g/mol. The molecule has 1 aliphatic heterocycles. The minimum Gasteiger partial charge on any atom is -0.460 e. The largest absolute Gasteiger partial charge is 0.460 e. The van der Waals surface area contributed by atoms with Gasteiger partial charge in [0.1, 0.15) is 0 Å². The lowest BCUT2D eigenvalue weighted by molar-refractivity contribution is -0.141. The normalized spacial score (nSPS) is 13.4. The van der Waals surface area contributed by atoms with Crippen LogP contribution in [0.25, 0.3) is 6.08 Å². The summed E-state index contributed by atoms with van der Waals surface area (Å²) >= 11 is 0. The Labute approximate surface area is 99.8 Å². The van der Waals surface area contributed by atoms with Crippen molar-refractivity contribution in [3.05, 3.63) is 29.8 Å². The Bertz CT molecular complexity index is 449. The van der Waals surface area contributed by atoms with E-state index in [0.29, 0.717) is 5.75 Å². The van der Waals surface area contributed by atoms with Crippen molar-refractivity contribution in [2.24, 2.45) is 0 Å². The van der Waals surface area contributed by atoms with Crippen molar-refractivity contribution in [3.8, 4) is 11.5 Å². The van der Waals surface area contributed by atoms with Crippen LogP contribution in [0.3, 0.4) is 0 Å². The minimum atomic E-state index is -0.349. The van der Waals surface area contributed by atoms with E-state index in [1.807, 2.05) is 32.0 Å². The SMILES string of the molecule is CC(C)OC(=O)C=Cc1ccc2c(c1)OCO2. The second-order valence-electron chi connectivity index (χ2n) is 3.93. The van der Waals surface area contributed by atoms with Crippen molar-refractivity contribution >= 4 is 12.0 Å². The summed E-state index contributed by atoms with van der Waals surface area (Å²) in [6.07, 6.45) is 2.98. The predicted octanol–water partition coefficient (Wildman–Crippen LogP) is 2.38. The number of benzene rings is 1. The molecule has 0 saturated carbocycles. The van der Waals surface area contributed by atoms with E-state index in [-0.39, 0.29) is 18.9 Å². The molecule has 0 bridgehead atoms. The summed E-state index contributed by atoms with van der Waals surface area (Å²) in [6.45, 7) is 3.87. The van der Waals surface area contributed by atoms with Gasteiger partial charge >= 0.3 is 5.97 Å². The summed E-state index contributed by atoms with van der Waals surface area (Å²) < 4.78 is 15.4. The summed E-state index contributed by atoms with van der Waals surface area (Å²) in [4.78, 5) is 11.3. The summed E-state index contributed by atoms with van der Waals surface area (Å²) in [7, 11) is 0. The van der Waals surface area contributed by atoms with E-state index in [2.05, 4.69) is 0 Å². The molecule has 17 heavy (non-hydrogen) atoms. The minimum absolute atomic E-state index is 0.107. The summed E-state index contributed by atoms with van der Waals surface area (Å²) in [6, 6.07) is 5.49. The van der Waals surface area contributed by atoms with Crippen LogP contribution in [0.5, 0.6) is 11.5 Å². The van der Waals surface area contributed by atoms with Crippen LogP contribution in [-0.4, -0.2) is 18.9 Å². The molecule has 1 aliphatic rings. The molecule has 4 nitrogen and oxygen atoms in total. The highest BCUT2D eigenvalue weighted by Crippen LogP contribution is 2.32. The fourth-order valence-corrected chi connectivity index (χ4v) is 1.45. The molecule has 0 aromatic heterocycles. The molecule has 2 rings (SSSR count). The Morgan fingerprint density at radius 3 is 2.88 bits per heavy atom. The second kappa shape index (κ2) is 4.91. The van der Waals surface area contributed by atoms with Gasteiger partial charge in [-0.25, -0.2) is 4.79 Å². The fraction of sp³-hybridized carbons (Fsp3) is 0.308. The first-order chi connectivity index (χ1) is 8.15. The van der Waals surface area contributed by atoms with Gasteiger partial charge in [0, 0.05) is 6.08 Å². The number of carbonyl (C=O) groups excluding carboxylic acids is 1. The molecule has 1 aromatic carbocycles. The van der Waals surface area contributed by atoms with Gasteiger partial charge in [-0.3, -0.25) is 0 Å². The zero-order chi connectivity index (χ0) is 12.3. The lowest BCUT2D eigenvalue weighted by Gasteiger charge is -2.03. The quantitative estimate of drug-likeness (QED) is 0.595. The van der Waals surface area contributed by atoms with Gasteiger partial charge in [0.05, 0.1) is 6.10 Å². The zero-order valence-corrected chi connectivity index (χ0v) is 9.80. The number of fused-ring (bicyclic) bond motifs is 1. The van der Waals surface area contributed by atoms with Gasteiger partial charge in [0.2, 0.25) is 6.79 Å². The van der Waals surface area contributed by atoms with Gasteiger partial charge < -0.3 is 14.2 Å². The Kier molecular flexibility index (Phi) is 3.32. The summed E-state index contributed by atoms with van der Waals surface area (Å²) in [5, 5.41) is 0. The average Bonchev–Trinajstić information content (AvgIpc) is 2.72. The van der Waals surface area contributed by atoms with E-state index in [1.165, 1.54) is 6.08 Å². The van der Waals surface area contributed by atoms with Crippen LogP contribution < -0.4 is 9.47 Å². The van der Waals surface area contributed by atoms with Crippen LogP contribution in [-0.2, 0) is 9.53 Å². The van der Waals surface area contributed by atoms with Crippen LogP contribution >= 0.6 is 0 Å². The molecule has 0 amide bonds. The van der Waals surface area contributed by atoms with Crippen molar-refractivity contribution in [1.29, 1.82) is 0 Å². The van der Waals surface area contributed by atoms with Crippen molar-refractivity contribution in [3.63, 3.8) is 0 Å². The van der Waals surface area contributed by atoms with E-state index < -0.39 is 0 Å². The number of hydrogen-bond acceptors (Lipinski definition) is 4. The first kappa shape index (κ1) is 11.5. The molecule has 0 saturated heterocycles. The molecule has 0 N–H and O–H groups in total. The predicted molar refractivity (Wildman–Crippen MR) is 62.8 cm³/mol. The van der Waals surface area contributed by atoms with E-state index in [1.54, 1.807) is 6.08 Å². The third kappa shape index (κ3) is 3.00. The van der Waals surface area contributed by atoms with E-state index in [0.717, 1.165) is 11.3 Å². The molecule has 1 heterocycles. The molecular weight excluding hydrogens is 220 g/mol. The van der Waals surface area contributed by atoms with Crippen LogP contribution in [0.2, 0.25) is 0 Å². The summed E-state index contributed by atoms with van der Waals surface area (Å²) in [5.74, 6) is 1.08. The number of esters is 1. The molecule has 1 aromatic rings. The van der Waals surface area contributed by atoms with Crippen LogP contribution in [0, 0.1) is 0 Å². The third-order valence-electron chi connectivity index (χ3n) is 2.16. The van der Waals surface area contributed by atoms with Crippen molar-refractivity contribution in [2.45, 2.75) is 20.0 Å². The zero-order valence-electron chi connectivity index (χ0n) is 9.80. The van der Waals surface area contributed by atoms with Gasteiger partial charge in [0.15, 0.2) is 11.5 Å².